The SMILES string of the molecule is CN1C(=O)C(=Cc2cc3c4cccc5ccc6c7ccccc7n(c3s2)c6c54)C(=O)N(C)C1=O. The molecule has 4 heterocycles. The number of pyridine rings is 1. The molecule has 7 heteroatoms. The standard InChI is InChI=1S/C27H17N3O3S/c1-28-24(31)20(25(32)29(2)27(28)33)13-15-12-19-17-8-5-6-14-10-11-18-16-7-3-4-9-21(16)30(26(19)34-15)23(18)22(14)17/h3-13H,1-2H3. The molecule has 0 bridgehead atoms. The summed E-state index contributed by atoms with van der Waals surface area (Å²) in [6.45, 7) is 0. The number of hydrogen-bond donors (Lipinski definition) is 0. The Labute approximate surface area is 197 Å². The van der Waals surface area contributed by atoms with Gasteiger partial charge in [0.05, 0.1) is 11.0 Å². The van der Waals surface area contributed by atoms with Crippen LogP contribution in [0.15, 0.2) is 66.2 Å². The molecule has 0 radical (unpaired) electrons. The highest BCUT2D eigenvalue weighted by atomic mass is 32.1. The van der Waals surface area contributed by atoms with Gasteiger partial charge >= 0.3 is 6.03 Å². The molecule has 1 aliphatic rings. The number of aromatic nitrogens is 1. The van der Waals surface area contributed by atoms with Gasteiger partial charge < -0.3 is 0 Å². The summed E-state index contributed by atoms with van der Waals surface area (Å²) in [5, 5.41) is 6.97. The third-order valence-corrected chi connectivity index (χ3v) is 7.90. The van der Waals surface area contributed by atoms with E-state index in [4.69, 9.17) is 0 Å². The Balaban J connectivity index is 1.60. The molecule has 7 rings (SSSR count). The fraction of sp³-hybridized carbons (Fsp3) is 0.0741. The van der Waals surface area contributed by atoms with Crippen LogP contribution in [0.4, 0.5) is 4.79 Å². The molecule has 3 aromatic heterocycles. The summed E-state index contributed by atoms with van der Waals surface area (Å²) in [6.07, 6.45) is 1.61. The van der Waals surface area contributed by atoms with Crippen LogP contribution in [0.2, 0.25) is 0 Å². The molecule has 4 amide bonds. The van der Waals surface area contributed by atoms with Crippen molar-refractivity contribution in [3.63, 3.8) is 0 Å². The maximum atomic E-state index is 12.7. The first-order chi connectivity index (χ1) is 16.5. The van der Waals surface area contributed by atoms with Crippen LogP contribution in [0.1, 0.15) is 4.88 Å². The highest BCUT2D eigenvalue weighted by Gasteiger charge is 2.38. The minimum absolute atomic E-state index is 0.0126. The number of amides is 4. The Morgan fingerprint density at radius 3 is 2.29 bits per heavy atom. The van der Waals surface area contributed by atoms with E-state index in [1.807, 2.05) is 12.1 Å². The monoisotopic (exact) mass is 463 g/mol. The number of fused-ring (bicyclic) bond motifs is 6. The van der Waals surface area contributed by atoms with Crippen molar-refractivity contribution in [3.05, 3.63) is 71.1 Å². The highest BCUT2D eigenvalue weighted by molar-refractivity contribution is 7.19. The maximum Gasteiger partial charge on any atom is 0.333 e. The van der Waals surface area contributed by atoms with Gasteiger partial charge in [-0.15, -0.1) is 11.3 Å². The summed E-state index contributed by atoms with van der Waals surface area (Å²) in [6, 6.07) is 20.4. The number of rotatable bonds is 1. The van der Waals surface area contributed by atoms with Crippen molar-refractivity contribution in [3.8, 4) is 0 Å². The van der Waals surface area contributed by atoms with Gasteiger partial charge in [-0.3, -0.25) is 23.8 Å². The molecule has 3 aromatic carbocycles. The van der Waals surface area contributed by atoms with Crippen molar-refractivity contribution in [2.24, 2.45) is 0 Å². The molecular weight excluding hydrogens is 446 g/mol. The zero-order chi connectivity index (χ0) is 23.3. The number of likely N-dealkylation sites (N-methyl/N-ethyl adjacent to an activating group) is 2. The molecule has 0 spiro atoms. The van der Waals surface area contributed by atoms with E-state index in [1.165, 1.54) is 52.5 Å². The average Bonchev–Trinajstić information content (AvgIpc) is 3.43. The van der Waals surface area contributed by atoms with Crippen LogP contribution in [0, 0.1) is 0 Å². The number of nitrogens with zero attached hydrogens (tertiary/aromatic N) is 3. The third-order valence-electron chi connectivity index (χ3n) is 6.83. The van der Waals surface area contributed by atoms with Crippen LogP contribution >= 0.6 is 11.3 Å². The molecule has 164 valence electrons. The van der Waals surface area contributed by atoms with Gasteiger partial charge in [-0.05, 0) is 29.0 Å². The number of hydrogen-bond acceptors (Lipinski definition) is 4. The van der Waals surface area contributed by atoms with Gasteiger partial charge in [0.1, 0.15) is 10.4 Å². The number of thiophene rings is 1. The van der Waals surface area contributed by atoms with E-state index in [0.29, 0.717) is 0 Å². The van der Waals surface area contributed by atoms with Crippen LogP contribution < -0.4 is 0 Å². The smallest absolute Gasteiger partial charge is 0.299 e. The summed E-state index contributed by atoms with van der Waals surface area (Å²) >= 11 is 1.54. The van der Waals surface area contributed by atoms with E-state index in [-0.39, 0.29) is 5.57 Å². The fourth-order valence-corrected chi connectivity index (χ4v) is 6.35. The average molecular weight is 464 g/mol. The first-order valence-electron chi connectivity index (χ1n) is 10.9. The molecule has 0 N–H and O–H groups in total. The Kier molecular flexibility index (Phi) is 3.64. The Bertz CT molecular complexity index is 1880. The molecule has 0 aliphatic carbocycles. The molecule has 0 saturated carbocycles. The normalized spacial score (nSPS) is 15.4. The Hall–Kier alpha value is -4.23. The lowest BCUT2D eigenvalue weighted by molar-refractivity contribution is -0.134. The first kappa shape index (κ1) is 19.3. The van der Waals surface area contributed by atoms with E-state index in [1.54, 1.807) is 6.08 Å². The zero-order valence-corrected chi connectivity index (χ0v) is 19.1. The molecule has 1 aliphatic heterocycles. The lowest BCUT2D eigenvalue weighted by Crippen LogP contribution is -2.52. The van der Waals surface area contributed by atoms with E-state index < -0.39 is 17.8 Å². The lowest BCUT2D eigenvalue weighted by Gasteiger charge is -2.28. The maximum absolute atomic E-state index is 12.7. The number of benzene rings is 3. The van der Waals surface area contributed by atoms with Crippen molar-refractivity contribution < 1.29 is 14.4 Å². The molecule has 1 saturated heterocycles. The number of carbonyl (C=O) groups is 3. The number of para-hydroxylation sites is 1. The second-order valence-corrected chi connectivity index (χ2v) is 9.72. The largest absolute Gasteiger partial charge is 0.333 e. The van der Waals surface area contributed by atoms with Crippen LogP contribution in [-0.2, 0) is 9.59 Å². The van der Waals surface area contributed by atoms with Crippen LogP contribution in [-0.4, -0.2) is 46.1 Å². The summed E-state index contributed by atoms with van der Waals surface area (Å²) in [5.74, 6) is -1.17. The Morgan fingerprint density at radius 1 is 0.765 bits per heavy atom. The van der Waals surface area contributed by atoms with Gasteiger partial charge in [-0.2, -0.15) is 0 Å². The van der Waals surface area contributed by atoms with Crippen LogP contribution in [0.25, 0.3) is 54.3 Å². The van der Waals surface area contributed by atoms with Gasteiger partial charge in [0, 0.05) is 40.5 Å². The lowest BCUT2D eigenvalue weighted by atomic mass is 10.0. The summed E-state index contributed by atoms with van der Waals surface area (Å²) in [5.41, 5.74) is 2.29. The molecule has 0 atom stereocenters. The van der Waals surface area contributed by atoms with E-state index in [2.05, 4.69) is 52.9 Å². The van der Waals surface area contributed by atoms with E-state index in [9.17, 15) is 14.4 Å². The van der Waals surface area contributed by atoms with Gasteiger partial charge in [0.25, 0.3) is 11.8 Å². The first-order valence-corrected chi connectivity index (χ1v) is 11.7. The van der Waals surface area contributed by atoms with Crippen molar-refractivity contribution in [1.82, 2.24) is 14.2 Å². The van der Waals surface area contributed by atoms with Crippen molar-refractivity contribution in [2.45, 2.75) is 0 Å². The topological polar surface area (TPSA) is 62.1 Å². The van der Waals surface area contributed by atoms with Crippen molar-refractivity contribution in [2.75, 3.05) is 14.1 Å². The van der Waals surface area contributed by atoms with Crippen molar-refractivity contribution >= 4 is 83.4 Å². The number of barbiturate groups is 1. The number of carbonyl (C=O) groups excluding carboxylic acids is 3. The zero-order valence-electron chi connectivity index (χ0n) is 18.3. The van der Waals surface area contributed by atoms with Crippen LogP contribution in [0.3, 0.4) is 0 Å². The quantitative estimate of drug-likeness (QED) is 0.239. The second kappa shape index (κ2) is 6.42. The highest BCUT2D eigenvalue weighted by Crippen LogP contribution is 2.43. The Morgan fingerprint density at radius 2 is 1.50 bits per heavy atom. The molecule has 1 fully saturated rings. The van der Waals surface area contributed by atoms with Gasteiger partial charge in [0.2, 0.25) is 0 Å². The summed E-state index contributed by atoms with van der Waals surface area (Å²) < 4.78 is 2.30. The summed E-state index contributed by atoms with van der Waals surface area (Å²) in [4.78, 5) is 41.4. The van der Waals surface area contributed by atoms with Gasteiger partial charge in [-0.1, -0.05) is 48.5 Å². The number of imide groups is 2. The van der Waals surface area contributed by atoms with Crippen molar-refractivity contribution in [1.29, 1.82) is 0 Å². The molecule has 6 aromatic rings. The molecule has 0 unspecified atom stereocenters. The molecular formula is C27H17N3O3S. The third kappa shape index (κ3) is 2.26. The van der Waals surface area contributed by atoms with E-state index in [0.717, 1.165) is 35.8 Å². The minimum Gasteiger partial charge on any atom is -0.299 e. The molecule has 34 heavy (non-hydrogen) atoms. The predicted molar refractivity (Wildman–Crippen MR) is 135 cm³/mol. The summed E-state index contributed by atoms with van der Waals surface area (Å²) in [7, 11) is 2.78. The van der Waals surface area contributed by atoms with E-state index >= 15 is 0 Å². The predicted octanol–water partition coefficient (Wildman–Crippen LogP) is 5.49. The molecule has 6 nitrogen and oxygen atoms in total. The van der Waals surface area contributed by atoms with Gasteiger partial charge in [0.15, 0.2) is 0 Å². The fourth-order valence-electron chi connectivity index (χ4n) is 5.21. The van der Waals surface area contributed by atoms with Crippen LogP contribution in [0.5, 0.6) is 0 Å². The minimum atomic E-state index is -0.624. The number of urea groups is 1. The second-order valence-electron chi connectivity index (χ2n) is 8.65. The van der Waals surface area contributed by atoms with Gasteiger partial charge in [-0.25, -0.2) is 4.79 Å².